The SMILES string of the molecule is COc1ccccc1-c1nc(Cl)c(CO)[nH]1. The summed E-state index contributed by atoms with van der Waals surface area (Å²) in [5.74, 6) is 1.30. The van der Waals surface area contributed by atoms with Crippen molar-refractivity contribution in [3.05, 3.63) is 35.1 Å². The maximum atomic E-state index is 9.02. The predicted octanol–water partition coefficient (Wildman–Crippen LogP) is 2.23. The lowest BCUT2D eigenvalue weighted by atomic mass is 10.2. The van der Waals surface area contributed by atoms with Gasteiger partial charge in [0.1, 0.15) is 11.6 Å². The number of aliphatic hydroxyl groups excluding tert-OH is 1. The molecule has 1 aromatic carbocycles. The molecule has 0 saturated heterocycles. The van der Waals surface area contributed by atoms with E-state index in [-0.39, 0.29) is 11.8 Å². The number of ether oxygens (including phenoxy) is 1. The van der Waals surface area contributed by atoms with E-state index in [4.69, 9.17) is 21.4 Å². The summed E-state index contributed by atoms with van der Waals surface area (Å²) in [6.07, 6.45) is 0. The zero-order chi connectivity index (χ0) is 11.5. The third-order valence-electron chi connectivity index (χ3n) is 2.25. The van der Waals surface area contributed by atoms with Crippen LogP contribution < -0.4 is 4.74 Å². The number of aromatic amines is 1. The second-order valence-electron chi connectivity index (χ2n) is 3.21. The topological polar surface area (TPSA) is 58.1 Å². The Bertz CT molecular complexity index is 496. The molecule has 0 unspecified atom stereocenters. The molecule has 0 aliphatic rings. The van der Waals surface area contributed by atoms with Crippen molar-refractivity contribution >= 4 is 11.6 Å². The fourth-order valence-corrected chi connectivity index (χ4v) is 1.65. The minimum Gasteiger partial charge on any atom is -0.496 e. The highest BCUT2D eigenvalue weighted by Gasteiger charge is 2.12. The number of para-hydroxylation sites is 1. The molecule has 1 heterocycles. The Labute approximate surface area is 97.9 Å². The van der Waals surface area contributed by atoms with Crippen molar-refractivity contribution in [1.82, 2.24) is 9.97 Å². The maximum Gasteiger partial charge on any atom is 0.153 e. The average Bonchev–Trinajstić information content (AvgIpc) is 2.70. The number of hydrogen-bond acceptors (Lipinski definition) is 3. The molecule has 0 saturated carbocycles. The number of imidazole rings is 1. The molecule has 4 nitrogen and oxygen atoms in total. The number of H-pyrrole nitrogens is 1. The first-order valence-corrected chi connectivity index (χ1v) is 5.12. The van der Waals surface area contributed by atoms with Crippen LogP contribution in [0.2, 0.25) is 5.15 Å². The molecule has 1 aromatic heterocycles. The van der Waals surface area contributed by atoms with Crippen molar-refractivity contribution in [3.8, 4) is 17.1 Å². The molecule has 0 spiro atoms. The first kappa shape index (κ1) is 11.0. The van der Waals surface area contributed by atoms with Gasteiger partial charge in [0.05, 0.1) is 25.0 Å². The summed E-state index contributed by atoms with van der Waals surface area (Å²) in [5.41, 5.74) is 1.31. The summed E-state index contributed by atoms with van der Waals surface area (Å²) in [6.45, 7) is -0.166. The summed E-state index contributed by atoms with van der Waals surface area (Å²) < 4.78 is 5.22. The normalized spacial score (nSPS) is 10.4. The number of hydrogen-bond donors (Lipinski definition) is 2. The van der Waals surface area contributed by atoms with Crippen LogP contribution in [0, 0.1) is 0 Å². The fourth-order valence-electron chi connectivity index (χ4n) is 1.46. The van der Waals surface area contributed by atoms with Crippen LogP contribution in [0.4, 0.5) is 0 Å². The van der Waals surface area contributed by atoms with Crippen LogP contribution in [0.15, 0.2) is 24.3 Å². The van der Waals surface area contributed by atoms with Gasteiger partial charge in [-0.05, 0) is 12.1 Å². The molecule has 0 radical (unpaired) electrons. The number of aliphatic hydroxyl groups is 1. The van der Waals surface area contributed by atoms with Crippen molar-refractivity contribution in [1.29, 1.82) is 0 Å². The summed E-state index contributed by atoms with van der Waals surface area (Å²) in [7, 11) is 1.59. The molecule has 5 heteroatoms. The number of halogens is 1. The van der Waals surface area contributed by atoms with E-state index in [0.717, 1.165) is 5.56 Å². The lowest BCUT2D eigenvalue weighted by molar-refractivity contribution is 0.277. The molecule has 0 atom stereocenters. The molecular weight excluding hydrogens is 228 g/mol. The molecule has 2 N–H and O–H groups in total. The van der Waals surface area contributed by atoms with Crippen molar-refractivity contribution in [2.75, 3.05) is 7.11 Å². The van der Waals surface area contributed by atoms with Gasteiger partial charge in [-0.2, -0.15) is 0 Å². The van der Waals surface area contributed by atoms with Crippen LogP contribution in [-0.4, -0.2) is 22.2 Å². The third-order valence-corrected chi connectivity index (χ3v) is 2.56. The number of benzene rings is 1. The largest absolute Gasteiger partial charge is 0.496 e. The van der Waals surface area contributed by atoms with E-state index in [1.807, 2.05) is 24.3 Å². The van der Waals surface area contributed by atoms with E-state index in [9.17, 15) is 0 Å². The van der Waals surface area contributed by atoms with E-state index in [1.165, 1.54) is 0 Å². The number of methoxy groups -OCH3 is 1. The highest BCUT2D eigenvalue weighted by Crippen LogP contribution is 2.29. The van der Waals surface area contributed by atoms with Gasteiger partial charge in [-0.1, -0.05) is 23.7 Å². The molecule has 0 aliphatic carbocycles. The van der Waals surface area contributed by atoms with Gasteiger partial charge in [0, 0.05) is 0 Å². The van der Waals surface area contributed by atoms with Gasteiger partial charge in [-0.15, -0.1) is 0 Å². The Morgan fingerprint density at radius 2 is 2.19 bits per heavy atom. The van der Waals surface area contributed by atoms with E-state index in [0.29, 0.717) is 17.3 Å². The highest BCUT2D eigenvalue weighted by molar-refractivity contribution is 6.30. The Kier molecular flexibility index (Phi) is 3.12. The van der Waals surface area contributed by atoms with Crippen LogP contribution in [0.3, 0.4) is 0 Å². The Morgan fingerprint density at radius 3 is 2.81 bits per heavy atom. The van der Waals surface area contributed by atoms with Crippen LogP contribution in [0.1, 0.15) is 5.69 Å². The zero-order valence-electron chi connectivity index (χ0n) is 8.70. The predicted molar refractivity (Wildman–Crippen MR) is 61.5 cm³/mol. The van der Waals surface area contributed by atoms with Gasteiger partial charge in [-0.3, -0.25) is 0 Å². The smallest absolute Gasteiger partial charge is 0.153 e. The summed E-state index contributed by atoms with van der Waals surface area (Å²) in [4.78, 5) is 7.08. The van der Waals surface area contributed by atoms with Crippen molar-refractivity contribution in [2.45, 2.75) is 6.61 Å². The molecule has 0 bridgehead atoms. The summed E-state index contributed by atoms with van der Waals surface area (Å²) >= 11 is 5.85. The zero-order valence-corrected chi connectivity index (χ0v) is 9.45. The lowest BCUT2D eigenvalue weighted by Crippen LogP contribution is -1.89. The van der Waals surface area contributed by atoms with Gasteiger partial charge in [0.2, 0.25) is 0 Å². The van der Waals surface area contributed by atoms with Crippen LogP contribution >= 0.6 is 11.6 Å². The standard InChI is InChI=1S/C11H11ClN2O2/c1-16-9-5-3-2-4-7(9)11-13-8(6-15)10(12)14-11/h2-5,15H,6H2,1H3,(H,13,14). The van der Waals surface area contributed by atoms with Crippen molar-refractivity contribution in [2.24, 2.45) is 0 Å². The van der Waals surface area contributed by atoms with Crippen LogP contribution in [0.25, 0.3) is 11.4 Å². The van der Waals surface area contributed by atoms with Gasteiger partial charge in [0.15, 0.2) is 5.15 Å². The van der Waals surface area contributed by atoms with E-state index < -0.39 is 0 Å². The highest BCUT2D eigenvalue weighted by atomic mass is 35.5. The second kappa shape index (κ2) is 4.55. The molecule has 0 amide bonds. The second-order valence-corrected chi connectivity index (χ2v) is 3.57. The Hall–Kier alpha value is -1.52. The van der Waals surface area contributed by atoms with Gasteiger partial charge >= 0.3 is 0 Å². The molecule has 0 aliphatic heterocycles. The van der Waals surface area contributed by atoms with Gasteiger partial charge in [-0.25, -0.2) is 4.98 Å². The van der Waals surface area contributed by atoms with Gasteiger partial charge < -0.3 is 14.8 Å². The number of nitrogens with one attached hydrogen (secondary N) is 1. The quantitative estimate of drug-likeness (QED) is 0.862. The first-order chi connectivity index (χ1) is 7.76. The summed E-state index contributed by atoms with van der Waals surface area (Å²) in [5, 5.41) is 9.30. The molecular formula is C11H11ClN2O2. The van der Waals surface area contributed by atoms with Crippen LogP contribution in [0.5, 0.6) is 5.75 Å². The molecule has 0 fully saturated rings. The number of rotatable bonds is 3. The minimum absolute atomic E-state index is 0.166. The van der Waals surface area contributed by atoms with Crippen molar-refractivity contribution in [3.63, 3.8) is 0 Å². The van der Waals surface area contributed by atoms with E-state index in [1.54, 1.807) is 7.11 Å². The monoisotopic (exact) mass is 238 g/mol. The first-order valence-electron chi connectivity index (χ1n) is 4.75. The fraction of sp³-hybridized carbons (Fsp3) is 0.182. The van der Waals surface area contributed by atoms with Crippen LogP contribution in [-0.2, 0) is 6.61 Å². The molecule has 84 valence electrons. The lowest BCUT2D eigenvalue weighted by Gasteiger charge is -2.04. The Morgan fingerprint density at radius 1 is 1.44 bits per heavy atom. The molecule has 2 aromatic rings. The minimum atomic E-state index is -0.166. The molecule has 16 heavy (non-hydrogen) atoms. The number of nitrogens with zero attached hydrogens (tertiary/aromatic N) is 1. The van der Waals surface area contributed by atoms with Crippen molar-refractivity contribution < 1.29 is 9.84 Å². The summed E-state index contributed by atoms with van der Waals surface area (Å²) in [6, 6.07) is 7.46. The van der Waals surface area contributed by atoms with Gasteiger partial charge in [0.25, 0.3) is 0 Å². The Balaban J connectivity index is 2.49. The number of aromatic nitrogens is 2. The molecule has 2 rings (SSSR count). The van der Waals surface area contributed by atoms with E-state index >= 15 is 0 Å². The maximum absolute atomic E-state index is 9.02. The average molecular weight is 239 g/mol. The third kappa shape index (κ3) is 1.89. The van der Waals surface area contributed by atoms with E-state index in [2.05, 4.69) is 9.97 Å².